The summed E-state index contributed by atoms with van der Waals surface area (Å²) in [6.07, 6.45) is 3.00. The topological polar surface area (TPSA) is 52.0 Å². The Hall–Kier alpha value is -1.77. The van der Waals surface area contributed by atoms with E-state index < -0.39 is 0 Å². The molecule has 0 amide bonds. The number of anilines is 1. The molecule has 2 N–H and O–H groups in total. The van der Waals surface area contributed by atoms with Crippen molar-refractivity contribution < 1.29 is 4.52 Å². The Morgan fingerprint density at radius 3 is 2.56 bits per heavy atom. The molecular weight excluding hydrogens is 224 g/mol. The summed E-state index contributed by atoms with van der Waals surface area (Å²) in [4.78, 5) is 0. The van der Waals surface area contributed by atoms with Crippen molar-refractivity contribution in [2.75, 3.05) is 5.73 Å². The second kappa shape index (κ2) is 5.71. The fourth-order valence-electron chi connectivity index (χ4n) is 2.24. The van der Waals surface area contributed by atoms with Crippen LogP contribution < -0.4 is 5.73 Å². The largest absolute Gasteiger partial charge is 0.381 e. The Morgan fingerprint density at radius 1 is 1.17 bits per heavy atom. The number of benzene rings is 1. The zero-order valence-corrected chi connectivity index (χ0v) is 11.0. The van der Waals surface area contributed by atoms with Crippen LogP contribution >= 0.6 is 0 Å². The Labute approximate surface area is 108 Å². The zero-order valence-electron chi connectivity index (χ0n) is 11.0. The molecule has 1 aromatic carbocycles. The maximum atomic E-state index is 5.82. The molecule has 3 heteroatoms. The van der Waals surface area contributed by atoms with Crippen LogP contribution in [0.1, 0.15) is 43.1 Å². The van der Waals surface area contributed by atoms with E-state index in [4.69, 9.17) is 10.3 Å². The first-order valence-electron chi connectivity index (χ1n) is 6.46. The Balaban J connectivity index is 1.95. The second-order valence-electron chi connectivity index (χ2n) is 4.90. The van der Waals surface area contributed by atoms with Gasteiger partial charge in [0.15, 0.2) is 5.82 Å². The maximum Gasteiger partial charge on any atom is 0.170 e. The van der Waals surface area contributed by atoms with E-state index >= 15 is 0 Å². The first-order chi connectivity index (χ1) is 8.68. The molecule has 0 spiro atoms. The van der Waals surface area contributed by atoms with Crippen LogP contribution in [-0.2, 0) is 12.8 Å². The van der Waals surface area contributed by atoms with Gasteiger partial charge in [-0.05, 0) is 24.3 Å². The fraction of sp³-hybridized carbons (Fsp3) is 0.400. The van der Waals surface area contributed by atoms with Crippen molar-refractivity contribution in [2.45, 2.75) is 39.0 Å². The number of aromatic nitrogens is 1. The lowest BCUT2D eigenvalue weighted by atomic mass is 9.99. The summed E-state index contributed by atoms with van der Waals surface area (Å²) in [6, 6.07) is 10.5. The quantitative estimate of drug-likeness (QED) is 0.875. The first-order valence-corrected chi connectivity index (χ1v) is 6.46. The van der Waals surface area contributed by atoms with E-state index in [-0.39, 0.29) is 0 Å². The van der Waals surface area contributed by atoms with Gasteiger partial charge in [0.25, 0.3) is 0 Å². The first kappa shape index (κ1) is 12.7. The molecular formula is C15H20N2O. The molecule has 3 nitrogen and oxygen atoms in total. The number of nitrogens with zero attached hydrogens (tertiary/aromatic N) is 1. The van der Waals surface area contributed by atoms with Crippen LogP contribution in [0, 0.1) is 0 Å². The monoisotopic (exact) mass is 244 g/mol. The summed E-state index contributed by atoms with van der Waals surface area (Å²) in [6.45, 7) is 4.23. The summed E-state index contributed by atoms with van der Waals surface area (Å²) in [5.74, 6) is 1.85. The van der Waals surface area contributed by atoms with Gasteiger partial charge in [-0.3, -0.25) is 0 Å². The van der Waals surface area contributed by atoms with Gasteiger partial charge in [-0.15, -0.1) is 0 Å². The molecule has 0 atom stereocenters. The van der Waals surface area contributed by atoms with Crippen molar-refractivity contribution in [3.8, 4) is 0 Å². The molecule has 2 rings (SSSR count). The van der Waals surface area contributed by atoms with E-state index in [0.29, 0.717) is 11.7 Å². The normalized spacial score (nSPS) is 11.1. The molecule has 1 heterocycles. The predicted octanol–water partition coefficient (Wildman–Crippen LogP) is 3.56. The highest BCUT2D eigenvalue weighted by atomic mass is 16.5. The maximum absolute atomic E-state index is 5.82. The van der Waals surface area contributed by atoms with Gasteiger partial charge >= 0.3 is 0 Å². The predicted molar refractivity (Wildman–Crippen MR) is 73.5 cm³/mol. The number of nitrogens with two attached hydrogens (primary N) is 1. The van der Waals surface area contributed by atoms with E-state index in [2.05, 4.69) is 43.3 Å². The van der Waals surface area contributed by atoms with Gasteiger partial charge in [-0.25, -0.2) is 0 Å². The molecule has 0 aliphatic carbocycles. The van der Waals surface area contributed by atoms with Crippen LogP contribution in [0.5, 0.6) is 0 Å². The average molecular weight is 244 g/mol. The highest BCUT2D eigenvalue weighted by molar-refractivity contribution is 5.42. The molecule has 0 aliphatic rings. The number of aryl methyl sites for hydroxylation is 2. The summed E-state index contributed by atoms with van der Waals surface area (Å²) in [5.41, 5.74) is 8.25. The second-order valence-corrected chi connectivity index (χ2v) is 4.90. The van der Waals surface area contributed by atoms with Crippen LogP contribution in [-0.4, -0.2) is 5.16 Å². The number of hydrogen-bond donors (Lipinski definition) is 1. The smallest absolute Gasteiger partial charge is 0.170 e. The summed E-state index contributed by atoms with van der Waals surface area (Å²) < 4.78 is 5.32. The lowest BCUT2D eigenvalue weighted by Crippen LogP contribution is -1.98. The van der Waals surface area contributed by atoms with Crippen LogP contribution in [0.3, 0.4) is 0 Å². The van der Waals surface area contributed by atoms with Crippen molar-refractivity contribution >= 4 is 5.82 Å². The summed E-state index contributed by atoms with van der Waals surface area (Å²) in [7, 11) is 0. The lowest BCUT2D eigenvalue weighted by Gasteiger charge is -2.05. The van der Waals surface area contributed by atoms with Gasteiger partial charge < -0.3 is 10.3 Å². The van der Waals surface area contributed by atoms with Crippen LogP contribution in [0.4, 0.5) is 5.82 Å². The molecule has 0 saturated carbocycles. The Bertz CT molecular complexity index is 488. The van der Waals surface area contributed by atoms with E-state index in [1.165, 1.54) is 5.56 Å². The van der Waals surface area contributed by atoms with Gasteiger partial charge in [0.1, 0.15) is 5.76 Å². The molecule has 0 unspecified atom stereocenters. The molecule has 18 heavy (non-hydrogen) atoms. The van der Waals surface area contributed by atoms with E-state index in [1.54, 1.807) is 0 Å². The van der Waals surface area contributed by atoms with Gasteiger partial charge in [0.05, 0.1) is 0 Å². The van der Waals surface area contributed by atoms with Crippen molar-refractivity contribution in [3.63, 3.8) is 0 Å². The van der Waals surface area contributed by atoms with Gasteiger partial charge in [-0.2, -0.15) is 0 Å². The third kappa shape index (κ3) is 2.92. The molecule has 0 fully saturated rings. The molecule has 2 aromatic rings. The average Bonchev–Trinajstić information content (AvgIpc) is 2.72. The summed E-state index contributed by atoms with van der Waals surface area (Å²) >= 11 is 0. The minimum atomic E-state index is 0.364. The molecule has 0 bridgehead atoms. The molecule has 0 radical (unpaired) electrons. The van der Waals surface area contributed by atoms with Crippen LogP contribution in [0.15, 0.2) is 34.9 Å². The molecule has 96 valence electrons. The van der Waals surface area contributed by atoms with Crippen molar-refractivity contribution in [1.82, 2.24) is 5.16 Å². The standard InChI is InChI=1S/C15H20N2O/c1-11(2)14-13(18-17-15(14)16)10-6-9-12-7-4-3-5-8-12/h3-5,7-8,11H,6,9-10H2,1-2H3,(H2,16,17). The van der Waals surface area contributed by atoms with Crippen molar-refractivity contribution in [2.24, 2.45) is 0 Å². The summed E-state index contributed by atoms with van der Waals surface area (Å²) in [5, 5.41) is 3.87. The van der Waals surface area contributed by atoms with E-state index in [0.717, 1.165) is 30.6 Å². The van der Waals surface area contributed by atoms with Crippen LogP contribution in [0.2, 0.25) is 0 Å². The van der Waals surface area contributed by atoms with Crippen molar-refractivity contribution in [1.29, 1.82) is 0 Å². The highest BCUT2D eigenvalue weighted by Gasteiger charge is 2.16. The van der Waals surface area contributed by atoms with E-state index in [9.17, 15) is 0 Å². The van der Waals surface area contributed by atoms with Crippen molar-refractivity contribution in [3.05, 3.63) is 47.2 Å². The van der Waals surface area contributed by atoms with Gasteiger partial charge in [-0.1, -0.05) is 49.3 Å². The van der Waals surface area contributed by atoms with E-state index in [1.807, 2.05) is 6.07 Å². The Morgan fingerprint density at radius 2 is 1.89 bits per heavy atom. The molecule has 0 aliphatic heterocycles. The fourth-order valence-corrected chi connectivity index (χ4v) is 2.24. The number of rotatable bonds is 5. The Kier molecular flexibility index (Phi) is 4.03. The molecule has 1 aromatic heterocycles. The number of hydrogen-bond acceptors (Lipinski definition) is 3. The van der Waals surface area contributed by atoms with Gasteiger partial charge in [0, 0.05) is 12.0 Å². The minimum absolute atomic E-state index is 0.364. The zero-order chi connectivity index (χ0) is 13.0. The lowest BCUT2D eigenvalue weighted by molar-refractivity contribution is 0.380. The highest BCUT2D eigenvalue weighted by Crippen LogP contribution is 2.26. The number of nitrogen functional groups attached to an aromatic ring is 1. The third-order valence-corrected chi connectivity index (χ3v) is 3.12. The minimum Gasteiger partial charge on any atom is -0.381 e. The third-order valence-electron chi connectivity index (χ3n) is 3.12. The van der Waals surface area contributed by atoms with Crippen LogP contribution in [0.25, 0.3) is 0 Å². The SMILES string of the molecule is CC(C)c1c(N)noc1CCCc1ccccc1. The molecule has 0 saturated heterocycles. The van der Waals surface area contributed by atoms with Gasteiger partial charge in [0.2, 0.25) is 0 Å².